The minimum absolute atomic E-state index is 0.0781. The minimum atomic E-state index is -0.527. The fraction of sp³-hybridized carbons (Fsp3) is 0.208. The molecule has 2 aromatic heterocycles. The van der Waals surface area contributed by atoms with Crippen LogP contribution in [0.3, 0.4) is 0 Å². The van der Waals surface area contributed by atoms with Gasteiger partial charge in [0.15, 0.2) is 0 Å². The van der Waals surface area contributed by atoms with Gasteiger partial charge in [-0.25, -0.2) is 4.98 Å². The van der Waals surface area contributed by atoms with E-state index in [0.29, 0.717) is 28.7 Å². The normalized spacial score (nSPS) is 13.2. The van der Waals surface area contributed by atoms with E-state index in [0.717, 1.165) is 37.1 Å². The number of rotatable bonds is 3. The highest BCUT2D eigenvalue weighted by molar-refractivity contribution is 6.00. The van der Waals surface area contributed by atoms with Gasteiger partial charge in [-0.3, -0.25) is 34.9 Å². The van der Waals surface area contributed by atoms with Crippen LogP contribution >= 0.6 is 0 Å². The lowest BCUT2D eigenvalue weighted by atomic mass is 10.1. The van der Waals surface area contributed by atoms with Crippen LogP contribution in [-0.4, -0.2) is 31.6 Å². The van der Waals surface area contributed by atoms with Gasteiger partial charge < -0.3 is 0 Å². The molecule has 9 heteroatoms. The summed E-state index contributed by atoms with van der Waals surface area (Å²) in [5.41, 5.74) is 7.19. The van der Waals surface area contributed by atoms with Crippen molar-refractivity contribution in [3.05, 3.63) is 82.0 Å². The third kappa shape index (κ3) is 4.12. The Labute approximate surface area is 188 Å². The predicted molar refractivity (Wildman–Crippen MR) is 123 cm³/mol. The van der Waals surface area contributed by atoms with Crippen LogP contribution in [0.15, 0.2) is 59.4 Å². The maximum Gasteiger partial charge on any atom is 0.287 e. The Morgan fingerprint density at radius 2 is 1.76 bits per heavy atom. The molecular weight excluding hydrogens is 420 g/mol. The number of hydrogen-bond acceptors (Lipinski definition) is 5. The van der Waals surface area contributed by atoms with Gasteiger partial charge >= 0.3 is 0 Å². The SMILES string of the molecule is O=C(NNC(=O)c1cc(-c2ccccc2)n[nH]1)c1ccc2c(=O)n3c(nc2c1)CCCCC3. The summed E-state index contributed by atoms with van der Waals surface area (Å²) in [6, 6.07) is 15.8. The number of nitrogens with one attached hydrogen (secondary N) is 3. The first-order chi connectivity index (χ1) is 16.1. The van der Waals surface area contributed by atoms with E-state index < -0.39 is 11.8 Å². The second-order valence-corrected chi connectivity index (χ2v) is 7.97. The third-order valence-corrected chi connectivity index (χ3v) is 5.76. The topological polar surface area (TPSA) is 122 Å². The molecule has 0 aliphatic carbocycles. The van der Waals surface area contributed by atoms with Gasteiger partial charge in [0, 0.05) is 24.1 Å². The maximum atomic E-state index is 12.8. The molecule has 0 atom stereocenters. The molecular formula is C24H22N6O3. The lowest BCUT2D eigenvalue weighted by molar-refractivity contribution is 0.0844. The quantitative estimate of drug-likeness (QED) is 0.421. The molecule has 3 heterocycles. The molecule has 0 radical (unpaired) electrons. The van der Waals surface area contributed by atoms with E-state index in [-0.39, 0.29) is 11.3 Å². The number of aromatic amines is 1. The highest BCUT2D eigenvalue weighted by atomic mass is 16.2. The zero-order valence-electron chi connectivity index (χ0n) is 17.8. The van der Waals surface area contributed by atoms with E-state index in [1.54, 1.807) is 28.8 Å². The van der Waals surface area contributed by atoms with E-state index in [1.165, 1.54) is 0 Å². The molecule has 3 N–H and O–H groups in total. The fourth-order valence-corrected chi connectivity index (χ4v) is 4.01. The molecule has 0 bridgehead atoms. The summed E-state index contributed by atoms with van der Waals surface area (Å²) in [4.78, 5) is 42.5. The molecule has 0 spiro atoms. The summed E-state index contributed by atoms with van der Waals surface area (Å²) in [6.45, 7) is 0.672. The van der Waals surface area contributed by atoms with Crippen LogP contribution < -0.4 is 16.4 Å². The number of H-pyrrole nitrogens is 1. The number of fused-ring (bicyclic) bond motifs is 2. The van der Waals surface area contributed by atoms with E-state index in [1.807, 2.05) is 30.3 Å². The second-order valence-electron chi connectivity index (χ2n) is 7.97. The van der Waals surface area contributed by atoms with Gasteiger partial charge in [-0.15, -0.1) is 0 Å². The summed E-state index contributed by atoms with van der Waals surface area (Å²) in [5.74, 6) is -0.283. The van der Waals surface area contributed by atoms with Crippen LogP contribution in [0, 0.1) is 0 Å². The smallest absolute Gasteiger partial charge is 0.287 e. The van der Waals surface area contributed by atoms with Crippen LogP contribution in [0.1, 0.15) is 45.9 Å². The average molecular weight is 442 g/mol. The van der Waals surface area contributed by atoms with Crippen molar-refractivity contribution in [3.63, 3.8) is 0 Å². The van der Waals surface area contributed by atoms with Gasteiger partial charge in [-0.05, 0) is 37.1 Å². The van der Waals surface area contributed by atoms with Crippen molar-refractivity contribution < 1.29 is 9.59 Å². The molecule has 9 nitrogen and oxygen atoms in total. The minimum Gasteiger partial charge on any atom is -0.296 e. The van der Waals surface area contributed by atoms with Crippen LogP contribution in [0.2, 0.25) is 0 Å². The molecule has 0 saturated heterocycles. The van der Waals surface area contributed by atoms with E-state index >= 15 is 0 Å². The number of benzene rings is 2. The van der Waals surface area contributed by atoms with Crippen molar-refractivity contribution in [2.24, 2.45) is 0 Å². The first kappa shape index (κ1) is 20.6. The van der Waals surface area contributed by atoms with Gasteiger partial charge in [-0.1, -0.05) is 36.8 Å². The number of aromatic nitrogens is 4. The van der Waals surface area contributed by atoms with Crippen LogP contribution in [-0.2, 0) is 13.0 Å². The largest absolute Gasteiger partial charge is 0.296 e. The lowest BCUT2D eigenvalue weighted by Gasteiger charge is -2.11. The number of hydrogen-bond donors (Lipinski definition) is 3. The van der Waals surface area contributed by atoms with Gasteiger partial charge in [0.1, 0.15) is 11.5 Å². The van der Waals surface area contributed by atoms with Crippen LogP contribution in [0.5, 0.6) is 0 Å². The molecule has 4 aromatic rings. The summed E-state index contributed by atoms with van der Waals surface area (Å²) in [7, 11) is 0. The molecule has 166 valence electrons. The summed E-state index contributed by atoms with van der Waals surface area (Å²) in [5, 5.41) is 7.29. The van der Waals surface area contributed by atoms with Crippen molar-refractivity contribution in [2.75, 3.05) is 0 Å². The predicted octanol–water partition coefficient (Wildman–Crippen LogP) is 2.59. The Morgan fingerprint density at radius 1 is 0.939 bits per heavy atom. The fourth-order valence-electron chi connectivity index (χ4n) is 4.01. The number of amides is 2. The molecule has 0 unspecified atom stereocenters. The van der Waals surface area contributed by atoms with Crippen molar-refractivity contribution >= 4 is 22.7 Å². The molecule has 2 aromatic carbocycles. The van der Waals surface area contributed by atoms with Crippen molar-refractivity contribution in [2.45, 2.75) is 32.2 Å². The Morgan fingerprint density at radius 3 is 2.61 bits per heavy atom. The van der Waals surface area contributed by atoms with Gasteiger partial charge in [-0.2, -0.15) is 5.10 Å². The monoisotopic (exact) mass is 442 g/mol. The molecule has 5 rings (SSSR count). The summed E-state index contributed by atoms with van der Waals surface area (Å²) >= 11 is 0. The Hall–Kier alpha value is -4.27. The Bertz CT molecular complexity index is 1410. The number of aryl methyl sites for hydroxylation is 1. The lowest BCUT2D eigenvalue weighted by Crippen LogP contribution is -2.41. The van der Waals surface area contributed by atoms with Crippen molar-refractivity contribution in [1.82, 2.24) is 30.6 Å². The summed E-state index contributed by atoms with van der Waals surface area (Å²) in [6.07, 6.45) is 3.76. The molecule has 0 saturated carbocycles. The highest BCUT2D eigenvalue weighted by Gasteiger charge is 2.16. The second kappa shape index (κ2) is 8.70. The van der Waals surface area contributed by atoms with Gasteiger partial charge in [0.2, 0.25) is 0 Å². The van der Waals surface area contributed by atoms with E-state index in [2.05, 4.69) is 26.0 Å². The number of hydrazine groups is 1. The Kier molecular flexibility index (Phi) is 5.43. The zero-order chi connectivity index (χ0) is 22.8. The zero-order valence-corrected chi connectivity index (χ0v) is 17.8. The maximum absolute atomic E-state index is 12.8. The van der Waals surface area contributed by atoms with Crippen molar-refractivity contribution in [3.8, 4) is 11.3 Å². The summed E-state index contributed by atoms with van der Waals surface area (Å²) < 4.78 is 1.74. The third-order valence-electron chi connectivity index (χ3n) is 5.76. The number of carbonyl (C=O) groups is 2. The van der Waals surface area contributed by atoms with Crippen LogP contribution in [0.25, 0.3) is 22.2 Å². The van der Waals surface area contributed by atoms with Gasteiger partial charge in [0.05, 0.1) is 16.6 Å². The van der Waals surface area contributed by atoms with Crippen molar-refractivity contribution in [1.29, 1.82) is 0 Å². The molecule has 1 aliphatic rings. The number of carbonyl (C=O) groups excluding carboxylic acids is 2. The van der Waals surface area contributed by atoms with E-state index in [9.17, 15) is 14.4 Å². The van der Waals surface area contributed by atoms with Crippen LogP contribution in [0.4, 0.5) is 0 Å². The number of nitrogens with zero attached hydrogens (tertiary/aromatic N) is 3. The van der Waals surface area contributed by atoms with Gasteiger partial charge in [0.25, 0.3) is 17.4 Å². The highest BCUT2D eigenvalue weighted by Crippen LogP contribution is 2.18. The molecule has 33 heavy (non-hydrogen) atoms. The Balaban J connectivity index is 1.31. The first-order valence-electron chi connectivity index (χ1n) is 10.8. The first-order valence-corrected chi connectivity index (χ1v) is 10.8. The standard InChI is InChI=1S/C24H22N6O3/c31-22(28-29-23(32)20-14-18(26-27-20)15-7-3-1-4-8-15)16-10-11-17-19(13-16)25-21-9-5-2-6-12-30(21)24(17)33/h1,3-4,7-8,10-11,13-14H,2,5-6,9,12H2,(H,26,27)(H,28,31)(H,29,32). The molecule has 2 amide bonds. The average Bonchev–Trinajstić information content (AvgIpc) is 3.22. The molecule has 0 fully saturated rings. The van der Waals surface area contributed by atoms with E-state index in [4.69, 9.17) is 0 Å². The molecule has 1 aliphatic heterocycles.